The van der Waals surface area contributed by atoms with E-state index in [1.807, 2.05) is 0 Å². The SMILES string of the molecule is CCN(CC)CCOc1ccc(C(=C(CCCBr)c2ccccc2)c2ccccc2)cc1. The largest absolute Gasteiger partial charge is 0.492 e. The molecular formula is C29H34BrNO. The Morgan fingerprint density at radius 2 is 1.31 bits per heavy atom. The number of alkyl halides is 1. The molecule has 0 saturated heterocycles. The summed E-state index contributed by atoms with van der Waals surface area (Å²) in [5.41, 5.74) is 6.43. The topological polar surface area (TPSA) is 12.5 Å². The van der Waals surface area contributed by atoms with Crippen molar-refractivity contribution in [1.29, 1.82) is 0 Å². The van der Waals surface area contributed by atoms with Crippen molar-refractivity contribution in [1.82, 2.24) is 4.90 Å². The van der Waals surface area contributed by atoms with E-state index in [1.165, 1.54) is 27.8 Å². The van der Waals surface area contributed by atoms with E-state index in [-0.39, 0.29) is 0 Å². The summed E-state index contributed by atoms with van der Waals surface area (Å²) in [5.74, 6) is 0.926. The Kier molecular flexibility index (Phi) is 10.1. The van der Waals surface area contributed by atoms with Crippen molar-refractivity contribution in [2.24, 2.45) is 0 Å². The first-order valence-corrected chi connectivity index (χ1v) is 12.7. The highest BCUT2D eigenvalue weighted by Gasteiger charge is 2.14. The van der Waals surface area contributed by atoms with Crippen LogP contribution in [0.1, 0.15) is 43.4 Å². The Morgan fingerprint density at radius 1 is 0.750 bits per heavy atom. The van der Waals surface area contributed by atoms with Gasteiger partial charge < -0.3 is 9.64 Å². The average molecular weight is 493 g/mol. The molecule has 3 heteroatoms. The van der Waals surface area contributed by atoms with E-state index < -0.39 is 0 Å². The number of likely N-dealkylation sites (N-methyl/N-ethyl adjacent to an activating group) is 1. The lowest BCUT2D eigenvalue weighted by Gasteiger charge is -2.19. The standard InChI is InChI=1S/C29H34BrNO/c1-3-31(4-2)22-23-32-27-19-17-26(18-20-27)29(25-14-9-6-10-15-25)28(16-11-21-30)24-12-7-5-8-13-24/h5-10,12-15,17-20H,3-4,11,16,21-23H2,1-2H3. The van der Waals surface area contributed by atoms with Crippen LogP contribution >= 0.6 is 15.9 Å². The third-order valence-electron chi connectivity index (χ3n) is 5.76. The van der Waals surface area contributed by atoms with E-state index in [9.17, 15) is 0 Å². The normalized spacial score (nSPS) is 12.0. The fraction of sp³-hybridized carbons (Fsp3) is 0.310. The summed E-state index contributed by atoms with van der Waals surface area (Å²) in [5, 5.41) is 0.991. The lowest BCUT2D eigenvalue weighted by Crippen LogP contribution is -2.27. The van der Waals surface area contributed by atoms with Crippen LogP contribution in [0, 0.1) is 0 Å². The molecule has 0 unspecified atom stereocenters. The highest BCUT2D eigenvalue weighted by molar-refractivity contribution is 9.09. The predicted octanol–water partition coefficient (Wildman–Crippen LogP) is 7.54. The molecule has 3 rings (SSSR count). The maximum atomic E-state index is 6.03. The lowest BCUT2D eigenvalue weighted by atomic mass is 9.87. The van der Waals surface area contributed by atoms with E-state index in [0.29, 0.717) is 6.61 Å². The van der Waals surface area contributed by atoms with Crippen molar-refractivity contribution in [2.75, 3.05) is 31.6 Å². The fourth-order valence-electron chi connectivity index (χ4n) is 3.97. The summed E-state index contributed by atoms with van der Waals surface area (Å²) in [6, 6.07) is 30.1. The second-order valence-corrected chi connectivity index (χ2v) is 8.57. The van der Waals surface area contributed by atoms with Gasteiger partial charge >= 0.3 is 0 Å². The number of allylic oxidation sites excluding steroid dienone is 1. The average Bonchev–Trinajstić information content (AvgIpc) is 2.86. The Morgan fingerprint density at radius 3 is 1.88 bits per heavy atom. The number of benzene rings is 3. The molecule has 0 amide bonds. The van der Waals surface area contributed by atoms with Crippen LogP contribution in [0.2, 0.25) is 0 Å². The number of rotatable bonds is 12. The molecule has 0 heterocycles. The van der Waals surface area contributed by atoms with Crippen molar-refractivity contribution in [3.8, 4) is 5.75 Å². The molecule has 0 atom stereocenters. The Bertz CT molecular complexity index is 947. The molecule has 0 bridgehead atoms. The molecule has 0 aliphatic carbocycles. The summed E-state index contributed by atoms with van der Waals surface area (Å²) < 4.78 is 6.03. The molecule has 32 heavy (non-hydrogen) atoms. The minimum atomic E-state index is 0.711. The molecule has 168 valence electrons. The molecule has 2 nitrogen and oxygen atoms in total. The van der Waals surface area contributed by atoms with Crippen molar-refractivity contribution in [3.63, 3.8) is 0 Å². The minimum Gasteiger partial charge on any atom is -0.492 e. The molecule has 0 saturated carbocycles. The number of nitrogens with zero attached hydrogens (tertiary/aromatic N) is 1. The molecule has 0 N–H and O–H groups in total. The quantitative estimate of drug-likeness (QED) is 0.191. The zero-order valence-corrected chi connectivity index (χ0v) is 20.9. The van der Waals surface area contributed by atoms with E-state index in [4.69, 9.17) is 4.74 Å². The van der Waals surface area contributed by atoms with Gasteiger partial charge in [0, 0.05) is 11.9 Å². The van der Waals surface area contributed by atoms with Gasteiger partial charge in [-0.05, 0) is 65.9 Å². The van der Waals surface area contributed by atoms with Gasteiger partial charge in [-0.1, -0.05) is 103 Å². The number of ether oxygens (including phenoxy) is 1. The number of hydrogen-bond donors (Lipinski definition) is 0. The third-order valence-corrected chi connectivity index (χ3v) is 6.32. The molecule has 0 aliphatic heterocycles. The maximum Gasteiger partial charge on any atom is 0.119 e. The Balaban J connectivity index is 1.95. The van der Waals surface area contributed by atoms with Gasteiger partial charge in [0.1, 0.15) is 12.4 Å². The van der Waals surface area contributed by atoms with E-state index in [1.54, 1.807) is 0 Å². The van der Waals surface area contributed by atoms with Gasteiger partial charge in [0.15, 0.2) is 0 Å². The third kappa shape index (κ3) is 6.82. The smallest absolute Gasteiger partial charge is 0.119 e. The zero-order valence-electron chi connectivity index (χ0n) is 19.3. The molecule has 3 aromatic rings. The van der Waals surface area contributed by atoms with Crippen LogP contribution < -0.4 is 4.74 Å². The van der Waals surface area contributed by atoms with Gasteiger partial charge in [0.2, 0.25) is 0 Å². The van der Waals surface area contributed by atoms with Crippen molar-refractivity contribution < 1.29 is 4.74 Å². The van der Waals surface area contributed by atoms with Crippen LogP contribution in [0.25, 0.3) is 11.1 Å². The van der Waals surface area contributed by atoms with Crippen LogP contribution in [0.3, 0.4) is 0 Å². The van der Waals surface area contributed by atoms with Crippen LogP contribution in [0.5, 0.6) is 5.75 Å². The second kappa shape index (κ2) is 13.2. The highest BCUT2D eigenvalue weighted by Crippen LogP contribution is 2.35. The van der Waals surface area contributed by atoms with Gasteiger partial charge in [-0.25, -0.2) is 0 Å². The van der Waals surface area contributed by atoms with Crippen LogP contribution in [-0.4, -0.2) is 36.5 Å². The maximum absolute atomic E-state index is 6.03. The monoisotopic (exact) mass is 491 g/mol. The van der Waals surface area contributed by atoms with Crippen LogP contribution in [0.15, 0.2) is 84.9 Å². The molecule has 0 aromatic heterocycles. The minimum absolute atomic E-state index is 0.711. The zero-order chi connectivity index (χ0) is 22.6. The highest BCUT2D eigenvalue weighted by atomic mass is 79.9. The fourth-order valence-corrected chi connectivity index (χ4v) is 4.25. The van der Waals surface area contributed by atoms with E-state index in [0.717, 1.165) is 43.6 Å². The summed E-state index contributed by atoms with van der Waals surface area (Å²) in [7, 11) is 0. The number of hydrogen-bond acceptors (Lipinski definition) is 2. The molecule has 3 aromatic carbocycles. The first kappa shape index (κ1) is 24.3. The lowest BCUT2D eigenvalue weighted by molar-refractivity contribution is 0.223. The summed E-state index contributed by atoms with van der Waals surface area (Å²) in [6.45, 7) is 8.16. The number of halogens is 1. The van der Waals surface area contributed by atoms with Crippen molar-refractivity contribution in [2.45, 2.75) is 26.7 Å². The molecule has 0 radical (unpaired) electrons. The van der Waals surface area contributed by atoms with Gasteiger partial charge in [0.25, 0.3) is 0 Å². The first-order chi connectivity index (χ1) is 15.8. The van der Waals surface area contributed by atoms with Crippen molar-refractivity contribution >= 4 is 27.1 Å². The van der Waals surface area contributed by atoms with Gasteiger partial charge in [-0.2, -0.15) is 0 Å². The summed E-state index contributed by atoms with van der Waals surface area (Å²) in [6.07, 6.45) is 2.11. The molecule has 0 aliphatic rings. The predicted molar refractivity (Wildman–Crippen MR) is 142 cm³/mol. The first-order valence-electron chi connectivity index (χ1n) is 11.6. The van der Waals surface area contributed by atoms with Gasteiger partial charge in [0.05, 0.1) is 0 Å². The molecule has 0 fully saturated rings. The van der Waals surface area contributed by atoms with E-state index in [2.05, 4.69) is 120 Å². The van der Waals surface area contributed by atoms with E-state index >= 15 is 0 Å². The summed E-state index contributed by atoms with van der Waals surface area (Å²) in [4.78, 5) is 2.38. The van der Waals surface area contributed by atoms with Crippen molar-refractivity contribution in [3.05, 3.63) is 102 Å². The Hall–Kier alpha value is -2.36. The Labute approximate surface area is 202 Å². The van der Waals surface area contributed by atoms with Gasteiger partial charge in [-0.15, -0.1) is 0 Å². The molecule has 0 spiro atoms. The van der Waals surface area contributed by atoms with Crippen LogP contribution in [-0.2, 0) is 0 Å². The molecular weight excluding hydrogens is 458 g/mol. The van der Waals surface area contributed by atoms with Crippen LogP contribution in [0.4, 0.5) is 0 Å². The van der Waals surface area contributed by atoms with Gasteiger partial charge in [-0.3, -0.25) is 0 Å². The second-order valence-electron chi connectivity index (χ2n) is 7.78. The summed E-state index contributed by atoms with van der Waals surface area (Å²) >= 11 is 3.62.